The van der Waals surface area contributed by atoms with E-state index >= 15 is 0 Å². The summed E-state index contributed by atoms with van der Waals surface area (Å²) in [6, 6.07) is 6.12. The van der Waals surface area contributed by atoms with Gasteiger partial charge in [-0.1, -0.05) is 0 Å². The van der Waals surface area contributed by atoms with Crippen molar-refractivity contribution in [3.63, 3.8) is 0 Å². The van der Waals surface area contributed by atoms with Gasteiger partial charge in [0.1, 0.15) is 0 Å². The molecule has 5 N–H and O–H groups in total. The number of hydrogen-bond donors (Lipinski definition) is 4. The van der Waals surface area contributed by atoms with Crippen molar-refractivity contribution in [2.45, 2.75) is 44.7 Å². The van der Waals surface area contributed by atoms with Crippen molar-refractivity contribution in [2.75, 3.05) is 0 Å². The van der Waals surface area contributed by atoms with Gasteiger partial charge in [-0.2, -0.15) is 5.10 Å². The third-order valence-electron chi connectivity index (χ3n) is 6.28. The summed E-state index contributed by atoms with van der Waals surface area (Å²) in [7, 11) is 0. The fourth-order valence-electron chi connectivity index (χ4n) is 4.91. The van der Waals surface area contributed by atoms with E-state index in [4.69, 9.17) is 5.73 Å². The molecular weight excluding hydrogens is 373 g/mol. The molecule has 0 bridgehead atoms. The number of hydrogen-bond acceptors (Lipinski definition) is 5. The number of H-pyrrole nitrogens is 1. The molecule has 0 saturated heterocycles. The van der Waals surface area contributed by atoms with E-state index in [9.17, 15) is 14.3 Å². The fourth-order valence-corrected chi connectivity index (χ4v) is 4.91. The van der Waals surface area contributed by atoms with E-state index in [1.54, 1.807) is 12.1 Å². The van der Waals surface area contributed by atoms with Gasteiger partial charge in [0, 0.05) is 17.6 Å². The van der Waals surface area contributed by atoms with Crippen LogP contribution in [0.15, 0.2) is 24.3 Å². The van der Waals surface area contributed by atoms with Crippen LogP contribution >= 0.6 is 0 Å². The smallest absolute Gasteiger partial charge is 0.252 e. The lowest BCUT2D eigenvalue weighted by Gasteiger charge is -2.57. The quantitative estimate of drug-likeness (QED) is 0.544. The van der Waals surface area contributed by atoms with Crippen LogP contribution in [0.1, 0.15) is 41.7 Å². The molecule has 2 aliphatic rings. The monoisotopic (exact) mass is 395 g/mol. The van der Waals surface area contributed by atoms with Crippen LogP contribution in [-0.2, 0) is 0 Å². The van der Waals surface area contributed by atoms with Gasteiger partial charge in [0.15, 0.2) is 17.2 Å². The van der Waals surface area contributed by atoms with Crippen LogP contribution in [-0.4, -0.2) is 38.3 Å². The van der Waals surface area contributed by atoms with E-state index in [0.717, 1.165) is 25.7 Å². The largest absolute Gasteiger partial charge is 0.505 e. The van der Waals surface area contributed by atoms with Crippen molar-refractivity contribution in [1.82, 2.24) is 20.5 Å². The van der Waals surface area contributed by atoms with E-state index in [1.165, 1.54) is 12.1 Å². The van der Waals surface area contributed by atoms with E-state index < -0.39 is 11.6 Å². The lowest BCUT2D eigenvalue weighted by molar-refractivity contribution is -0.0159. The van der Waals surface area contributed by atoms with Crippen LogP contribution < -0.4 is 11.1 Å². The first kappa shape index (κ1) is 18.1. The van der Waals surface area contributed by atoms with Crippen molar-refractivity contribution in [3.05, 3.63) is 41.3 Å². The number of aromatic amines is 1. The second-order valence-corrected chi connectivity index (χ2v) is 8.50. The zero-order chi connectivity index (χ0) is 20.3. The van der Waals surface area contributed by atoms with Crippen LogP contribution in [0.3, 0.4) is 0 Å². The Balaban J connectivity index is 1.46. The number of phenols is 1. The summed E-state index contributed by atoms with van der Waals surface area (Å²) in [5.41, 5.74) is 8.73. The summed E-state index contributed by atoms with van der Waals surface area (Å²) >= 11 is 0. The number of aromatic hydroxyl groups is 1. The van der Waals surface area contributed by atoms with Crippen molar-refractivity contribution in [2.24, 2.45) is 11.1 Å². The molecule has 0 radical (unpaired) electrons. The predicted molar refractivity (Wildman–Crippen MR) is 106 cm³/mol. The number of carbonyl (C=O) groups is 1. The summed E-state index contributed by atoms with van der Waals surface area (Å²) in [5.74, 6) is -1.36. The lowest BCUT2D eigenvalue weighted by atomic mass is 9.52. The van der Waals surface area contributed by atoms with Gasteiger partial charge >= 0.3 is 0 Å². The lowest BCUT2D eigenvalue weighted by Crippen LogP contribution is -2.59. The Hall–Kier alpha value is -3.00. The zero-order valence-corrected chi connectivity index (χ0v) is 16.0. The van der Waals surface area contributed by atoms with E-state index in [0.29, 0.717) is 45.0 Å². The minimum absolute atomic E-state index is 0.139. The molecule has 2 fully saturated rings. The Morgan fingerprint density at radius 2 is 2.07 bits per heavy atom. The average molecular weight is 395 g/mol. The van der Waals surface area contributed by atoms with E-state index in [-0.39, 0.29) is 11.9 Å². The third kappa shape index (κ3) is 2.95. The number of aromatic nitrogens is 3. The third-order valence-corrected chi connectivity index (χ3v) is 6.28. The van der Waals surface area contributed by atoms with Gasteiger partial charge in [-0.3, -0.25) is 9.89 Å². The minimum atomic E-state index is -0.741. The zero-order valence-electron chi connectivity index (χ0n) is 16.0. The summed E-state index contributed by atoms with van der Waals surface area (Å²) in [5, 5.41) is 20.2. The number of nitrogens with two attached hydrogens (primary N) is 1. The molecule has 3 aromatic rings. The maximum atomic E-state index is 13.8. The molecule has 2 aliphatic carbocycles. The molecule has 29 heavy (non-hydrogen) atoms. The molecule has 1 spiro atoms. The Morgan fingerprint density at radius 1 is 1.31 bits per heavy atom. The number of halogens is 1. The van der Waals surface area contributed by atoms with E-state index in [2.05, 4.69) is 20.5 Å². The molecule has 2 saturated carbocycles. The number of amides is 1. The van der Waals surface area contributed by atoms with Gasteiger partial charge in [-0.05, 0) is 62.3 Å². The second kappa shape index (κ2) is 6.25. The number of nitrogens with zero attached hydrogens (tertiary/aromatic N) is 2. The van der Waals surface area contributed by atoms with Crippen LogP contribution in [0.4, 0.5) is 4.39 Å². The maximum absolute atomic E-state index is 13.8. The summed E-state index contributed by atoms with van der Waals surface area (Å²) in [6.07, 6.45) is 3.99. The van der Waals surface area contributed by atoms with E-state index in [1.807, 2.05) is 6.92 Å². The highest BCUT2D eigenvalue weighted by Gasteiger charge is 2.52. The molecule has 0 atom stereocenters. The molecule has 7 nitrogen and oxygen atoms in total. The van der Waals surface area contributed by atoms with Crippen LogP contribution in [0.25, 0.3) is 22.3 Å². The van der Waals surface area contributed by atoms with Gasteiger partial charge < -0.3 is 16.2 Å². The number of pyridine rings is 1. The molecule has 0 aliphatic heterocycles. The number of fused-ring (bicyclic) bond motifs is 1. The van der Waals surface area contributed by atoms with Gasteiger partial charge in [-0.25, -0.2) is 9.37 Å². The summed E-state index contributed by atoms with van der Waals surface area (Å²) in [4.78, 5) is 17.6. The van der Waals surface area contributed by atoms with Crippen molar-refractivity contribution in [3.8, 4) is 17.0 Å². The number of benzene rings is 1. The fraction of sp³-hybridized carbons (Fsp3) is 0.381. The second-order valence-electron chi connectivity index (χ2n) is 8.50. The first-order valence-corrected chi connectivity index (χ1v) is 9.75. The highest BCUT2D eigenvalue weighted by Crippen LogP contribution is 2.55. The molecule has 8 heteroatoms. The first-order chi connectivity index (χ1) is 13.8. The van der Waals surface area contributed by atoms with Crippen LogP contribution in [0, 0.1) is 18.2 Å². The number of carbonyl (C=O) groups excluding carboxylic acids is 1. The predicted octanol–water partition coefficient (Wildman–Crippen LogP) is 2.78. The van der Waals surface area contributed by atoms with Crippen molar-refractivity contribution >= 4 is 16.9 Å². The van der Waals surface area contributed by atoms with Gasteiger partial charge in [0.2, 0.25) is 0 Å². The number of phenolic OH excluding ortho intramolecular Hbond substituents is 1. The molecular formula is C21H22FN5O2. The molecule has 1 aromatic carbocycles. The molecule has 0 unspecified atom stereocenters. The van der Waals surface area contributed by atoms with Crippen molar-refractivity contribution in [1.29, 1.82) is 0 Å². The van der Waals surface area contributed by atoms with Crippen LogP contribution in [0.2, 0.25) is 0 Å². The Bertz CT molecular complexity index is 1130. The van der Waals surface area contributed by atoms with Gasteiger partial charge in [-0.15, -0.1) is 0 Å². The number of aryl methyl sites for hydroxylation is 1. The van der Waals surface area contributed by atoms with Gasteiger partial charge in [0.25, 0.3) is 5.91 Å². The Labute approximate surface area is 166 Å². The molecule has 1 amide bonds. The standard InChI is InChI=1S/C21H22FN5O2/c1-10-18-14(20(29)24-13-8-21(9-13)6-12(23)7-21)5-16(25-19(18)27-26-10)11-2-3-17(28)15(22)4-11/h2-5,12-13,28H,6-9,23H2,1H3,(H,24,29)(H,25,26,27). The summed E-state index contributed by atoms with van der Waals surface area (Å²) < 4.78 is 13.8. The SMILES string of the molecule is Cc1n[nH]c2nc(-c3ccc(O)c(F)c3)cc(C(=O)NC3CC4(CC(N)C4)C3)c12. The van der Waals surface area contributed by atoms with Gasteiger partial charge in [0.05, 0.1) is 22.3 Å². The molecule has 2 heterocycles. The highest BCUT2D eigenvalue weighted by atomic mass is 19.1. The average Bonchev–Trinajstić information content (AvgIpc) is 3.01. The topological polar surface area (TPSA) is 117 Å². The molecule has 5 rings (SSSR count). The Kier molecular flexibility index (Phi) is 3.89. The maximum Gasteiger partial charge on any atom is 0.252 e. The Morgan fingerprint density at radius 3 is 2.76 bits per heavy atom. The highest BCUT2D eigenvalue weighted by molar-refractivity contribution is 6.07. The molecule has 2 aromatic heterocycles. The van der Waals surface area contributed by atoms with Crippen LogP contribution in [0.5, 0.6) is 5.75 Å². The number of nitrogens with one attached hydrogen (secondary N) is 2. The summed E-state index contributed by atoms with van der Waals surface area (Å²) in [6.45, 7) is 1.81. The minimum Gasteiger partial charge on any atom is -0.505 e. The normalized spacial score (nSPS) is 25.6. The molecule has 150 valence electrons. The number of rotatable bonds is 3. The van der Waals surface area contributed by atoms with Crippen molar-refractivity contribution < 1.29 is 14.3 Å². The first-order valence-electron chi connectivity index (χ1n) is 9.75.